The molecule has 0 atom stereocenters. The first-order valence-corrected chi connectivity index (χ1v) is 8.86. The maximum atomic E-state index is 12.1. The van der Waals surface area contributed by atoms with E-state index in [1.165, 1.54) is 18.4 Å². The summed E-state index contributed by atoms with van der Waals surface area (Å²) in [6.45, 7) is 2.18. The highest BCUT2D eigenvalue weighted by Crippen LogP contribution is 2.15. The molecule has 6 heteroatoms. The number of aromatic nitrogens is 3. The number of hydrogen-bond donors (Lipinski definition) is 1. The fraction of sp³-hybridized carbons (Fsp3) is 0.300. The predicted molar refractivity (Wildman–Crippen MR) is 99.5 cm³/mol. The Kier molecular flexibility index (Phi) is 6.09. The van der Waals surface area contributed by atoms with Gasteiger partial charge < -0.3 is 9.84 Å². The molecule has 26 heavy (non-hydrogen) atoms. The van der Waals surface area contributed by atoms with Gasteiger partial charge in [-0.15, -0.1) is 0 Å². The normalized spacial score (nSPS) is 10.7. The summed E-state index contributed by atoms with van der Waals surface area (Å²) < 4.78 is 5.21. The van der Waals surface area contributed by atoms with Crippen molar-refractivity contribution in [1.82, 2.24) is 15.1 Å². The van der Waals surface area contributed by atoms with E-state index in [0.717, 1.165) is 17.7 Å². The molecule has 0 aliphatic carbocycles. The zero-order valence-corrected chi connectivity index (χ0v) is 14.8. The molecule has 3 aromatic rings. The van der Waals surface area contributed by atoms with Crippen molar-refractivity contribution in [3.63, 3.8) is 0 Å². The largest absolute Gasteiger partial charge is 0.339 e. The molecular weight excluding hydrogens is 328 g/mol. The number of hydrogen-bond acceptors (Lipinski definition) is 5. The van der Waals surface area contributed by atoms with E-state index in [1.807, 2.05) is 24.3 Å². The molecule has 0 fully saturated rings. The van der Waals surface area contributed by atoms with Gasteiger partial charge in [-0.05, 0) is 42.7 Å². The number of pyridine rings is 1. The number of nitrogens with zero attached hydrogens (tertiary/aromatic N) is 3. The van der Waals surface area contributed by atoms with Crippen LogP contribution in [0.15, 0.2) is 53.3 Å². The molecule has 6 nitrogen and oxygen atoms in total. The van der Waals surface area contributed by atoms with Gasteiger partial charge in [0.05, 0.1) is 0 Å². The summed E-state index contributed by atoms with van der Waals surface area (Å²) in [6.07, 6.45) is 7.46. The van der Waals surface area contributed by atoms with Crippen LogP contribution in [0.4, 0.5) is 5.69 Å². The van der Waals surface area contributed by atoms with Crippen LogP contribution in [0.25, 0.3) is 11.4 Å². The second-order valence-corrected chi connectivity index (χ2v) is 6.10. The molecule has 1 aromatic carbocycles. The number of carbonyl (C=O) groups excluding carboxylic acids is 1. The lowest BCUT2D eigenvalue weighted by Crippen LogP contribution is -2.12. The molecule has 2 heterocycles. The molecule has 0 spiro atoms. The first kappa shape index (κ1) is 17.8. The smallest absolute Gasteiger partial charge is 0.227 e. The SMILES string of the molecule is CCCCc1ccc(NC(=O)CCc2nc(-c3ccncc3)no2)cc1. The summed E-state index contributed by atoms with van der Waals surface area (Å²) in [5.74, 6) is 0.877. The van der Waals surface area contributed by atoms with Gasteiger partial charge in [0, 0.05) is 36.5 Å². The minimum atomic E-state index is -0.0741. The van der Waals surface area contributed by atoms with E-state index in [9.17, 15) is 4.79 Å². The molecule has 0 bridgehead atoms. The van der Waals surface area contributed by atoms with Crippen LogP contribution >= 0.6 is 0 Å². The first-order chi connectivity index (χ1) is 12.7. The lowest BCUT2D eigenvalue weighted by molar-refractivity contribution is -0.116. The standard InChI is InChI=1S/C20H22N4O2/c1-2-3-4-15-5-7-17(8-6-15)22-18(25)9-10-19-23-20(24-26-19)16-11-13-21-14-12-16/h5-8,11-14H,2-4,9-10H2,1H3,(H,22,25). The van der Waals surface area contributed by atoms with Crippen LogP contribution in [-0.4, -0.2) is 21.0 Å². The van der Waals surface area contributed by atoms with Crippen LogP contribution in [0.2, 0.25) is 0 Å². The molecule has 2 aromatic heterocycles. The Morgan fingerprint density at radius 2 is 1.85 bits per heavy atom. The van der Waals surface area contributed by atoms with Gasteiger partial charge in [0.15, 0.2) is 0 Å². The molecule has 0 unspecified atom stereocenters. The molecule has 0 aliphatic rings. The van der Waals surface area contributed by atoms with E-state index in [1.54, 1.807) is 12.4 Å². The molecule has 1 amide bonds. The van der Waals surface area contributed by atoms with Gasteiger partial charge >= 0.3 is 0 Å². The number of nitrogens with one attached hydrogen (secondary N) is 1. The summed E-state index contributed by atoms with van der Waals surface area (Å²) in [7, 11) is 0. The maximum Gasteiger partial charge on any atom is 0.227 e. The number of anilines is 1. The number of rotatable bonds is 8. The zero-order valence-electron chi connectivity index (χ0n) is 14.8. The summed E-state index contributed by atoms with van der Waals surface area (Å²) >= 11 is 0. The van der Waals surface area contributed by atoms with Crippen molar-refractivity contribution in [2.75, 3.05) is 5.32 Å². The molecule has 0 radical (unpaired) electrons. The van der Waals surface area contributed by atoms with E-state index in [4.69, 9.17) is 4.52 Å². The van der Waals surface area contributed by atoms with Gasteiger partial charge in [-0.25, -0.2) is 0 Å². The second-order valence-electron chi connectivity index (χ2n) is 6.10. The van der Waals surface area contributed by atoms with Crippen LogP contribution in [-0.2, 0) is 17.6 Å². The van der Waals surface area contributed by atoms with E-state index in [0.29, 0.717) is 18.1 Å². The molecule has 0 saturated heterocycles. The van der Waals surface area contributed by atoms with E-state index in [-0.39, 0.29) is 12.3 Å². The highest BCUT2D eigenvalue weighted by atomic mass is 16.5. The van der Waals surface area contributed by atoms with Crippen molar-refractivity contribution >= 4 is 11.6 Å². The molecule has 0 aliphatic heterocycles. The number of aryl methyl sites for hydroxylation is 2. The van der Waals surface area contributed by atoms with Gasteiger partial charge in [0.25, 0.3) is 0 Å². The van der Waals surface area contributed by atoms with Crippen molar-refractivity contribution in [2.45, 2.75) is 39.0 Å². The topological polar surface area (TPSA) is 80.9 Å². The summed E-state index contributed by atoms with van der Waals surface area (Å²) in [4.78, 5) is 20.4. The second kappa shape index (κ2) is 8.89. The Morgan fingerprint density at radius 3 is 2.58 bits per heavy atom. The summed E-state index contributed by atoms with van der Waals surface area (Å²) in [5.41, 5.74) is 2.93. The van der Waals surface area contributed by atoms with E-state index in [2.05, 4.69) is 39.5 Å². The predicted octanol–water partition coefficient (Wildman–Crippen LogP) is 4.05. The highest BCUT2D eigenvalue weighted by molar-refractivity contribution is 5.90. The Morgan fingerprint density at radius 1 is 1.08 bits per heavy atom. The number of amides is 1. The Bertz CT molecular complexity index is 829. The van der Waals surface area contributed by atoms with Crippen molar-refractivity contribution in [3.05, 3.63) is 60.2 Å². The Hall–Kier alpha value is -3.02. The van der Waals surface area contributed by atoms with Crippen molar-refractivity contribution in [3.8, 4) is 11.4 Å². The van der Waals surface area contributed by atoms with Crippen LogP contribution in [0, 0.1) is 0 Å². The minimum absolute atomic E-state index is 0.0741. The summed E-state index contributed by atoms with van der Waals surface area (Å²) in [6, 6.07) is 11.6. The van der Waals surface area contributed by atoms with Crippen LogP contribution < -0.4 is 5.32 Å². The Balaban J connectivity index is 1.49. The monoisotopic (exact) mass is 350 g/mol. The third-order valence-corrected chi connectivity index (χ3v) is 4.03. The fourth-order valence-corrected chi connectivity index (χ4v) is 2.55. The van der Waals surface area contributed by atoms with Crippen LogP contribution in [0.3, 0.4) is 0 Å². The molecule has 0 saturated carbocycles. The third-order valence-electron chi connectivity index (χ3n) is 4.03. The quantitative estimate of drug-likeness (QED) is 0.663. The molecular formula is C20H22N4O2. The summed E-state index contributed by atoms with van der Waals surface area (Å²) in [5, 5.41) is 6.83. The van der Waals surface area contributed by atoms with Crippen LogP contribution in [0.1, 0.15) is 37.6 Å². The fourth-order valence-electron chi connectivity index (χ4n) is 2.55. The van der Waals surface area contributed by atoms with Gasteiger partial charge in [0.1, 0.15) is 0 Å². The number of carbonyl (C=O) groups is 1. The lowest BCUT2D eigenvalue weighted by atomic mass is 10.1. The lowest BCUT2D eigenvalue weighted by Gasteiger charge is -2.05. The maximum absolute atomic E-state index is 12.1. The third kappa shape index (κ3) is 4.99. The van der Waals surface area contributed by atoms with Gasteiger partial charge in [-0.2, -0.15) is 4.98 Å². The average molecular weight is 350 g/mol. The van der Waals surface area contributed by atoms with E-state index >= 15 is 0 Å². The molecule has 1 N–H and O–H groups in total. The van der Waals surface area contributed by atoms with Crippen molar-refractivity contribution in [2.24, 2.45) is 0 Å². The Labute approximate surface area is 152 Å². The highest BCUT2D eigenvalue weighted by Gasteiger charge is 2.10. The van der Waals surface area contributed by atoms with Gasteiger partial charge in [-0.1, -0.05) is 30.6 Å². The number of unbranched alkanes of at least 4 members (excludes halogenated alkanes) is 1. The van der Waals surface area contributed by atoms with Crippen molar-refractivity contribution in [1.29, 1.82) is 0 Å². The first-order valence-electron chi connectivity index (χ1n) is 8.86. The van der Waals surface area contributed by atoms with Crippen molar-refractivity contribution < 1.29 is 9.32 Å². The van der Waals surface area contributed by atoms with Gasteiger partial charge in [0.2, 0.25) is 17.6 Å². The minimum Gasteiger partial charge on any atom is -0.339 e. The number of benzene rings is 1. The van der Waals surface area contributed by atoms with Gasteiger partial charge in [-0.3, -0.25) is 9.78 Å². The van der Waals surface area contributed by atoms with Crippen LogP contribution in [0.5, 0.6) is 0 Å². The molecule has 134 valence electrons. The van der Waals surface area contributed by atoms with E-state index < -0.39 is 0 Å². The zero-order chi connectivity index (χ0) is 18.2. The average Bonchev–Trinajstić information content (AvgIpc) is 3.16. The molecule has 3 rings (SSSR count).